The van der Waals surface area contributed by atoms with Crippen LogP contribution in [0.2, 0.25) is 0 Å². The molecule has 0 bridgehead atoms. The number of nitrogens with two attached hydrogens (primary N) is 2. The van der Waals surface area contributed by atoms with Gasteiger partial charge in [0.2, 0.25) is 0 Å². The summed E-state index contributed by atoms with van der Waals surface area (Å²) >= 11 is 0. The van der Waals surface area contributed by atoms with Gasteiger partial charge in [-0.3, -0.25) is 4.98 Å². The van der Waals surface area contributed by atoms with Crippen molar-refractivity contribution in [3.8, 4) is 0 Å². The van der Waals surface area contributed by atoms with E-state index in [0.29, 0.717) is 11.4 Å². The fourth-order valence-corrected chi connectivity index (χ4v) is 1.79. The largest absolute Gasteiger partial charge is 0.487 e. The van der Waals surface area contributed by atoms with E-state index in [1.807, 2.05) is 39.7 Å². The predicted molar refractivity (Wildman–Crippen MR) is 78.2 cm³/mol. The molecule has 1 aliphatic rings. The summed E-state index contributed by atoms with van der Waals surface area (Å²) in [6.45, 7) is 8.04. The second-order valence-corrected chi connectivity index (χ2v) is 5.72. The molecule has 0 saturated carbocycles. The van der Waals surface area contributed by atoms with Gasteiger partial charge in [-0.05, 0) is 27.7 Å². The van der Waals surface area contributed by atoms with Gasteiger partial charge in [0.05, 0.1) is 28.8 Å². The van der Waals surface area contributed by atoms with Gasteiger partial charge in [-0.1, -0.05) is 12.1 Å². The van der Waals surface area contributed by atoms with Crippen LogP contribution in [-0.4, -0.2) is 23.3 Å². The lowest BCUT2D eigenvalue weighted by Crippen LogP contribution is -2.41. The van der Waals surface area contributed by atoms with E-state index in [-0.39, 0.29) is 11.2 Å². The minimum absolute atomic E-state index is 0.346. The van der Waals surface area contributed by atoms with Crippen LogP contribution in [0.15, 0.2) is 18.4 Å². The van der Waals surface area contributed by atoms with E-state index in [9.17, 15) is 0 Å². The summed E-state index contributed by atoms with van der Waals surface area (Å²) in [5.41, 5.74) is 12.6. The van der Waals surface area contributed by atoms with Crippen LogP contribution in [0.1, 0.15) is 33.3 Å². The van der Waals surface area contributed by atoms with Gasteiger partial charge in [0.15, 0.2) is 0 Å². The molecule has 2 rings (SSSR count). The van der Waals surface area contributed by atoms with Crippen LogP contribution in [0.4, 0.5) is 11.4 Å². The van der Waals surface area contributed by atoms with Gasteiger partial charge < -0.3 is 20.8 Å². The first kappa shape index (κ1) is 13.9. The molecule has 0 amide bonds. The maximum Gasteiger partial charge on any atom is 0.487 e. The molecule has 0 spiro atoms. The van der Waals surface area contributed by atoms with E-state index in [4.69, 9.17) is 20.8 Å². The first-order valence-electron chi connectivity index (χ1n) is 6.26. The number of hydrogen-bond donors (Lipinski definition) is 2. The van der Waals surface area contributed by atoms with Crippen molar-refractivity contribution >= 4 is 24.6 Å². The first-order valence-corrected chi connectivity index (χ1v) is 6.26. The Kier molecular flexibility index (Phi) is 3.32. The molecule has 102 valence electrons. The number of nitrogen functional groups attached to an aromatic ring is 2. The van der Waals surface area contributed by atoms with E-state index in [1.165, 1.54) is 6.20 Å². The Labute approximate surface area is 114 Å². The predicted octanol–water partition coefficient (Wildman–Crippen LogP) is 1.89. The maximum atomic E-state index is 5.88. The molecule has 19 heavy (non-hydrogen) atoms. The molecule has 2 heterocycles. The molecule has 0 radical (unpaired) electrons. The molecule has 0 aliphatic carbocycles. The van der Waals surface area contributed by atoms with Crippen LogP contribution in [0, 0.1) is 0 Å². The second-order valence-electron chi connectivity index (χ2n) is 5.72. The Morgan fingerprint density at radius 2 is 1.68 bits per heavy atom. The minimum atomic E-state index is -0.397. The molecule has 0 aromatic carbocycles. The number of hydrogen-bond acceptors (Lipinski definition) is 5. The van der Waals surface area contributed by atoms with Gasteiger partial charge in [-0.2, -0.15) is 0 Å². The first-order chi connectivity index (χ1) is 8.73. The zero-order chi connectivity index (χ0) is 14.3. The van der Waals surface area contributed by atoms with Gasteiger partial charge in [-0.15, -0.1) is 0 Å². The Bertz CT molecular complexity index is 499. The van der Waals surface area contributed by atoms with Crippen molar-refractivity contribution in [3.05, 3.63) is 23.9 Å². The monoisotopic (exact) mass is 261 g/mol. The molecule has 0 atom stereocenters. The lowest BCUT2D eigenvalue weighted by molar-refractivity contribution is 0.00578. The number of pyridine rings is 1. The Hall–Kier alpha value is -1.53. The third kappa shape index (κ3) is 2.59. The minimum Gasteiger partial charge on any atom is -0.400 e. The van der Waals surface area contributed by atoms with E-state index in [0.717, 1.165) is 5.56 Å². The second kappa shape index (κ2) is 4.54. The van der Waals surface area contributed by atoms with Crippen LogP contribution in [0.3, 0.4) is 0 Å². The lowest BCUT2D eigenvalue weighted by atomic mass is 9.89. The maximum absolute atomic E-state index is 5.88. The summed E-state index contributed by atoms with van der Waals surface area (Å²) in [4.78, 5) is 4.01. The molecule has 5 nitrogen and oxygen atoms in total. The Balaban J connectivity index is 2.15. The molecule has 1 saturated heterocycles. The highest BCUT2D eigenvalue weighted by molar-refractivity contribution is 6.52. The van der Waals surface area contributed by atoms with Gasteiger partial charge in [0, 0.05) is 11.8 Å². The van der Waals surface area contributed by atoms with Crippen molar-refractivity contribution in [1.29, 1.82) is 0 Å². The van der Waals surface area contributed by atoms with E-state index < -0.39 is 7.12 Å². The number of anilines is 2. The van der Waals surface area contributed by atoms with E-state index >= 15 is 0 Å². The fraction of sp³-hybridized carbons (Fsp3) is 0.462. The quantitative estimate of drug-likeness (QED) is 0.794. The summed E-state index contributed by atoms with van der Waals surface area (Å²) in [6, 6.07) is 0. The Morgan fingerprint density at radius 3 is 2.26 bits per heavy atom. The molecule has 1 aromatic rings. The number of aromatic nitrogens is 1. The highest BCUT2D eigenvalue weighted by Gasteiger charge is 2.49. The van der Waals surface area contributed by atoms with Gasteiger partial charge in [0.1, 0.15) is 0 Å². The molecule has 1 aliphatic heterocycles. The summed E-state index contributed by atoms with van der Waals surface area (Å²) < 4.78 is 11.7. The van der Waals surface area contributed by atoms with Gasteiger partial charge in [0.25, 0.3) is 0 Å². The van der Waals surface area contributed by atoms with Crippen molar-refractivity contribution in [2.45, 2.75) is 38.9 Å². The van der Waals surface area contributed by atoms with Crippen molar-refractivity contribution < 1.29 is 9.31 Å². The molecular weight excluding hydrogens is 241 g/mol. The lowest BCUT2D eigenvalue weighted by Gasteiger charge is -2.32. The van der Waals surface area contributed by atoms with E-state index in [1.54, 1.807) is 6.20 Å². The average Bonchev–Trinajstić information content (AvgIpc) is 2.50. The normalized spacial score (nSPS) is 21.2. The van der Waals surface area contributed by atoms with Crippen LogP contribution < -0.4 is 11.5 Å². The number of nitrogens with zero attached hydrogens (tertiary/aromatic N) is 1. The summed E-state index contributed by atoms with van der Waals surface area (Å²) in [5, 5.41) is 0. The van der Waals surface area contributed by atoms with E-state index in [2.05, 4.69) is 4.98 Å². The summed E-state index contributed by atoms with van der Waals surface area (Å²) in [6.07, 6.45) is 5.01. The van der Waals surface area contributed by atoms with Crippen LogP contribution in [0.25, 0.3) is 6.08 Å². The van der Waals surface area contributed by atoms with Gasteiger partial charge >= 0.3 is 7.12 Å². The number of rotatable bonds is 2. The smallest absolute Gasteiger partial charge is 0.400 e. The Morgan fingerprint density at radius 1 is 1.11 bits per heavy atom. The SMILES string of the molecule is CC1(C)OB(/C=C/c2cncc(N)c2N)OC1(C)C. The fourth-order valence-electron chi connectivity index (χ4n) is 1.79. The van der Waals surface area contributed by atoms with Crippen molar-refractivity contribution in [2.75, 3.05) is 11.5 Å². The standard InChI is InChI=1S/C13H20BN3O2/c1-12(2)13(3,4)19-14(18-12)6-5-9-7-17-8-10(15)11(9)16/h5-8H,15H2,1-4H3,(H2,16,17)/b6-5+. The molecule has 4 N–H and O–H groups in total. The van der Waals surface area contributed by atoms with Crippen molar-refractivity contribution in [2.24, 2.45) is 0 Å². The van der Waals surface area contributed by atoms with Crippen molar-refractivity contribution in [1.82, 2.24) is 4.98 Å². The molecule has 0 unspecified atom stereocenters. The van der Waals surface area contributed by atoms with Crippen LogP contribution >= 0.6 is 0 Å². The molecule has 1 fully saturated rings. The average molecular weight is 261 g/mol. The summed E-state index contributed by atoms with van der Waals surface area (Å²) in [7, 11) is -0.397. The van der Waals surface area contributed by atoms with Gasteiger partial charge in [-0.25, -0.2) is 0 Å². The molecule has 1 aromatic heterocycles. The summed E-state index contributed by atoms with van der Waals surface area (Å²) in [5.74, 6) is 1.82. The molecular formula is C13H20BN3O2. The highest BCUT2D eigenvalue weighted by atomic mass is 16.7. The zero-order valence-electron chi connectivity index (χ0n) is 11.8. The third-order valence-electron chi connectivity index (χ3n) is 3.75. The molecule has 6 heteroatoms. The zero-order valence-corrected chi connectivity index (χ0v) is 11.8. The third-order valence-corrected chi connectivity index (χ3v) is 3.75. The van der Waals surface area contributed by atoms with Crippen LogP contribution in [0.5, 0.6) is 0 Å². The topological polar surface area (TPSA) is 83.4 Å². The van der Waals surface area contributed by atoms with Crippen LogP contribution in [-0.2, 0) is 9.31 Å². The van der Waals surface area contributed by atoms with Crippen molar-refractivity contribution in [3.63, 3.8) is 0 Å². The highest BCUT2D eigenvalue weighted by Crippen LogP contribution is 2.37.